The summed E-state index contributed by atoms with van der Waals surface area (Å²) in [7, 11) is 0. The molecule has 86 valence electrons. The van der Waals surface area contributed by atoms with E-state index in [1.165, 1.54) is 25.7 Å². The molecule has 0 aliphatic heterocycles. The topological polar surface area (TPSA) is 66.4 Å². The molecule has 0 spiro atoms. The highest BCUT2D eigenvalue weighted by molar-refractivity contribution is 5.80. The van der Waals surface area contributed by atoms with Crippen LogP contribution < -0.4 is 5.32 Å². The van der Waals surface area contributed by atoms with Gasteiger partial charge in [0.05, 0.1) is 6.42 Å². The first kappa shape index (κ1) is 12.0. The van der Waals surface area contributed by atoms with Crippen LogP contribution in [0.15, 0.2) is 0 Å². The van der Waals surface area contributed by atoms with Gasteiger partial charge in [0.15, 0.2) is 0 Å². The second kappa shape index (κ2) is 6.43. The van der Waals surface area contributed by atoms with Crippen LogP contribution in [0.3, 0.4) is 0 Å². The van der Waals surface area contributed by atoms with Crippen LogP contribution in [0, 0.1) is 5.92 Å². The minimum absolute atomic E-state index is 0.0741. The predicted molar refractivity (Wildman–Crippen MR) is 56.5 cm³/mol. The highest BCUT2D eigenvalue weighted by Gasteiger charge is 2.14. The van der Waals surface area contributed by atoms with Gasteiger partial charge >= 0.3 is 5.97 Å². The molecular weight excluding hydrogens is 194 g/mol. The van der Waals surface area contributed by atoms with Crippen molar-refractivity contribution in [1.82, 2.24) is 5.32 Å². The van der Waals surface area contributed by atoms with E-state index < -0.39 is 5.97 Å². The maximum atomic E-state index is 11.1. The fourth-order valence-corrected chi connectivity index (χ4v) is 2.02. The van der Waals surface area contributed by atoms with Crippen LogP contribution >= 0.6 is 0 Å². The number of carbonyl (C=O) groups excluding carboxylic acids is 1. The van der Waals surface area contributed by atoms with E-state index in [-0.39, 0.29) is 18.7 Å². The molecule has 0 aromatic rings. The SMILES string of the molecule is O=C(O)CCC(=O)NCCC1CCCC1. The lowest BCUT2D eigenvalue weighted by molar-refractivity contribution is -0.138. The van der Waals surface area contributed by atoms with E-state index in [4.69, 9.17) is 5.11 Å². The number of carboxylic acids is 1. The van der Waals surface area contributed by atoms with Crippen LogP contribution in [0.4, 0.5) is 0 Å². The normalized spacial score (nSPS) is 16.5. The maximum Gasteiger partial charge on any atom is 0.303 e. The average molecular weight is 213 g/mol. The van der Waals surface area contributed by atoms with Gasteiger partial charge in [-0.25, -0.2) is 0 Å². The Bertz CT molecular complexity index is 222. The van der Waals surface area contributed by atoms with Crippen LogP contribution in [-0.4, -0.2) is 23.5 Å². The zero-order valence-corrected chi connectivity index (χ0v) is 9.00. The first-order valence-corrected chi connectivity index (χ1v) is 5.67. The number of aliphatic carboxylic acids is 1. The molecule has 0 heterocycles. The van der Waals surface area contributed by atoms with Gasteiger partial charge in [0.1, 0.15) is 0 Å². The Morgan fingerprint density at radius 2 is 1.87 bits per heavy atom. The molecule has 0 unspecified atom stereocenters. The Balaban J connectivity index is 1.98. The average Bonchev–Trinajstić information content (AvgIpc) is 2.67. The lowest BCUT2D eigenvalue weighted by Crippen LogP contribution is -2.25. The highest BCUT2D eigenvalue weighted by atomic mass is 16.4. The summed E-state index contributed by atoms with van der Waals surface area (Å²) in [6.45, 7) is 0.698. The maximum absolute atomic E-state index is 11.1. The fraction of sp³-hybridized carbons (Fsp3) is 0.818. The molecule has 0 bridgehead atoms. The smallest absolute Gasteiger partial charge is 0.303 e. The number of hydrogen-bond acceptors (Lipinski definition) is 2. The Morgan fingerprint density at radius 3 is 2.47 bits per heavy atom. The van der Waals surface area contributed by atoms with E-state index in [1.54, 1.807) is 0 Å². The molecular formula is C11H19NO3. The van der Waals surface area contributed by atoms with Crippen molar-refractivity contribution >= 4 is 11.9 Å². The van der Waals surface area contributed by atoms with Crippen molar-refractivity contribution in [3.05, 3.63) is 0 Å². The van der Waals surface area contributed by atoms with Crippen LogP contribution in [-0.2, 0) is 9.59 Å². The largest absolute Gasteiger partial charge is 0.481 e. The van der Waals surface area contributed by atoms with Crippen LogP contribution in [0.1, 0.15) is 44.9 Å². The van der Waals surface area contributed by atoms with Crippen molar-refractivity contribution in [3.63, 3.8) is 0 Å². The minimum Gasteiger partial charge on any atom is -0.481 e. The zero-order chi connectivity index (χ0) is 11.1. The molecule has 1 amide bonds. The van der Waals surface area contributed by atoms with Crippen LogP contribution in [0.2, 0.25) is 0 Å². The van der Waals surface area contributed by atoms with Crippen LogP contribution in [0.25, 0.3) is 0 Å². The second-order valence-electron chi connectivity index (χ2n) is 4.18. The standard InChI is InChI=1S/C11H19NO3/c13-10(5-6-11(14)15)12-8-7-9-3-1-2-4-9/h9H,1-8H2,(H,12,13)(H,14,15). The molecule has 0 atom stereocenters. The number of carbonyl (C=O) groups is 2. The third-order valence-electron chi connectivity index (χ3n) is 2.92. The van der Waals surface area contributed by atoms with Crippen molar-refractivity contribution in [2.24, 2.45) is 5.92 Å². The minimum atomic E-state index is -0.916. The summed E-state index contributed by atoms with van der Waals surface area (Å²) < 4.78 is 0. The van der Waals surface area contributed by atoms with E-state index in [0.29, 0.717) is 6.54 Å². The molecule has 1 rings (SSSR count). The van der Waals surface area contributed by atoms with Gasteiger partial charge in [-0.1, -0.05) is 25.7 Å². The van der Waals surface area contributed by atoms with E-state index in [9.17, 15) is 9.59 Å². The highest BCUT2D eigenvalue weighted by Crippen LogP contribution is 2.26. The third-order valence-corrected chi connectivity index (χ3v) is 2.92. The molecule has 1 aliphatic rings. The molecule has 0 aromatic heterocycles. The van der Waals surface area contributed by atoms with Gasteiger partial charge in [0.2, 0.25) is 5.91 Å². The van der Waals surface area contributed by atoms with Gasteiger partial charge in [-0.3, -0.25) is 9.59 Å². The zero-order valence-electron chi connectivity index (χ0n) is 9.00. The summed E-state index contributed by atoms with van der Waals surface area (Å²) in [4.78, 5) is 21.4. The molecule has 1 aliphatic carbocycles. The lowest BCUT2D eigenvalue weighted by Gasteiger charge is -2.09. The van der Waals surface area contributed by atoms with Crippen LogP contribution in [0.5, 0.6) is 0 Å². The molecule has 0 saturated heterocycles. The summed E-state index contributed by atoms with van der Waals surface area (Å²) in [6, 6.07) is 0. The number of carboxylic acid groups (broad SMARTS) is 1. The number of nitrogens with one attached hydrogen (secondary N) is 1. The molecule has 1 fully saturated rings. The number of amides is 1. The summed E-state index contributed by atoms with van der Waals surface area (Å²) in [6.07, 6.45) is 6.26. The first-order valence-electron chi connectivity index (χ1n) is 5.67. The van der Waals surface area contributed by atoms with Gasteiger partial charge in [-0.2, -0.15) is 0 Å². The Morgan fingerprint density at radius 1 is 1.20 bits per heavy atom. The van der Waals surface area contributed by atoms with Crippen molar-refractivity contribution in [2.45, 2.75) is 44.9 Å². The Kier molecular flexibility index (Phi) is 5.15. The van der Waals surface area contributed by atoms with Gasteiger partial charge in [-0.15, -0.1) is 0 Å². The quantitative estimate of drug-likeness (QED) is 0.703. The van der Waals surface area contributed by atoms with E-state index in [2.05, 4.69) is 5.32 Å². The summed E-state index contributed by atoms with van der Waals surface area (Å²) in [5.41, 5.74) is 0. The molecule has 2 N–H and O–H groups in total. The van der Waals surface area contributed by atoms with Crippen molar-refractivity contribution in [3.8, 4) is 0 Å². The van der Waals surface area contributed by atoms with Gasteiger partial charge in [-0.05, 0) is 12.3 Å². The van der Waals surface area contributed by atoms with Gasteiger partial charge < -0.3 is 10.4 Å². The third kappa shape index (κ3) is 5.40. The van der Waals surface area contributed by atoms with Crippen molar-refractivity contribution in [1.29, 1.82) is 0 Å². The molecule has 4 heteroatoms. The summed E-state index contributed by atoms with van der Waals surface area (Å²) >= 11 is 0. The summed E-state index contributed by atoms with van der Waals surface area (Å²) in [5.74, 6) is -0.291. The number of hydrogen-bond donors (Lipinski definition) is 2. The first-order chi connectivity index (χ1) is 7.18. The van der Waals surface area contributed by atoms with E-state index >= 15 is 0 Å². The fourth-order valence-electron chi connectivity index (χ4n) is 2.02. The lowest BCUT2D eigenvalue weighted by atomic mass is 10.0. The van der Waals surface area contributed by atoms with Gasteiger partial charge in [0, 0.05) is 13.0 Å². The van der Waals surface area contributed by atoms with Gasteiger partial charge in [0.25, 0.3) is 0 Å². The van der Waals surface area contributed by atoms with E-state index in [1.807, 2.05) is 0 Å². The molecule has 0 aromatic carbocycles. The van der Waals surface area contributed by atoms with Crippen molar-refractivity contribution < 1.29 is 14.7 Å². The number of rotatable bonds is 6. The molecule has 4 nitrogen and oxygen atoms in total. The predicted octanol–water partition coefficient (Wildman–Crippen LogP) is 1.55. The second-order valence-corrected chi connectivity index (χ2v) is 4.18. The van der Waals surface area contributed by atoms with Crippen molar-refractivity contribution in [2.75, 3.05) is 6.54 Å². The Hall–Kier alpha value is -1.06. The molecule has 1 saturated carbocycles. The molecule has 0 radical (unpaired) electrons. The molecule has 15 heavy (non-hydrogen) atoms. The Labute approximate surface area is 90.0 Å². The monoisotopic (exact) mass is 213 g/mol. The summed E-state index contributed by atoms with van der Waals surface area (Å²) in [5, 5.41) is 11.1. The van der Waals surface area contributed by atoms with E-state index in [0.717, 1.165) is 12.3 Å².